The zero-order valence-corrected chi connectivity index (χ0v) is 16.9. The van der Waals surface area contributed by atoms with E-state index in [-0.39, 0.29) is 24.9 Å². The first kappa shape index (κ1) is 21.3. The number of carbonyl (C=O) groups is 3. The molecule has 0 fully saturated rings. The lowest BCUT2D eigenvalue weighted by Crippen LogP contribution is -2.52. The molecule has 0 saturated heterocycles. The van der Waals surface area contributed by atoms with Gasteiger partial charge in [-0.15, -0.1) is 0 Å². The molecule has 30 heavy (non-hydrogen) atoms. The van der Waals surface area contributed by atoms with E-state index in [1.165, 1.54) is 34.1 Å². The average molecular weight is 413 g/mol. The van der Waals surface area contributed by atoms with Gasteiger partial charge in [0, 0.05) is 18.8 Å². The number of halogens is 1. The normalized spacial score (nSPS) is 13.3. The van der Waals surface area contributed by atoms with E-state index in [2.05, 4.69) is 10.6 Å². The van der Waals surface area contributed by atoms with Crippen molar-refractivity contribution in [1.82, 2.24) is 10.2 Å². The van der Waals surface area contributed by atoms with Crippen LogP contribution >= 0.6 is 0 Å². The summed E-state index contributed by atoms with van der Waals surface area (Å²) in [6.07, 6.45) is 0. The van der Waals surface area contributed by atoms with Gasteiger partial charge in [0.1, 0.15) is 18.9 Å². The van der Waals surface area contributed by atoms with Gasteiger partial charge < -0.3 is 15.5 Å². The minimum atomic E-state index is -0.516. The Morgan fingerprint density at radius 1 is 1.07 bits per heavy atom. The Balaban J connectivity index is 1.74. The number of nitrogens with zero attached hydrogens (tertiary/aromatic N) is 3. The predicted octanol–water partition coefficient (Wildman–Crippen LogP) is 1.89. The molecule has 1 heterocycles. The second-order valence-corrected chi connectivity index (χ2v) is 7.15. The lowest BCUT2D eigenvalue weighted by molar-refractivity contribution is -0.123. The number of hydrogen-bond donors (Lipinski definition) is 2. The third kappa shape index (κ3) is 5.12. The number of likely N-dealkylation sites (N-methyl/N-ethyl adjacent to an activating group) is 1. The van der Waals surface area contributed by atoms with Crippen molar-refractivity contribution in [2.75, 3.05) is 55.4 Å². The summed E-state index contributed by atoms with van der Waals surface area (Å²) < 4.78 is 13.1. The van der Waals surface area contributed by atoms with E-state index in [9.17, 15) is 18.8 Å². The molecule has 1 aliphatic rings. The summed E-state index contributed by atoms with van der Waals surface area (Å²) in [6, 6.07) is 11.7. The number of anilines is 3. The van der Waals surface area contributed by atoms with Crippen LogP contribution in [0.4, 0.5) is 26.2 Å². The van der Waals surface area contributed by atoms with Crippen molar-refractivity contribution in [1.29, 1.82) is 0 Å². The molecule has 0 aliphatic carbocycles. The molecule has 2 aromatic rings. The van der Waals surface area contributed by atoms with Crippen LogP contribution in [-0.2, 0) is 9.59 Å². The number of nitrogens with one attached hydrogen (secondary N) is 2. The number of amides is 4. The van der Waals surface area contributed by atoms with E-state index in [4.69, 9.17) is 0 Å². The molecule has 1 aliphatic heterocycles. The summed E-state index contributed by atoms with van der Waals surface area (Å²) in [5.74, 6) is -1.05. The smallest absolute Gasteiger partial charge is 0.326 e. The van der Waals surface area contributed by atoms with Crippen LogP contribution in [0.5, 0.6) is 0 Å². The lowest BCUT2D eigenvalue weighted by Gasteiger charge is -2.35. The van der Waals surface area contributed by atoms with Crippen LogP contribution in [0.3, 0.4) is 0 Å². The summed E-state index contributed by atoms with van der Waals surface area (Å²) >= 11 is 0. The van der Waals surface area contributed by atoms with Crippen molar-refractivity contribution in [2.24, 2.45) is 0 Å². The SMILES string of the molecule is CN(C)CCNC(=O)CN1C(=O)CN(C(=O)Nc2ccc(F)cc2)c2ccccc21. The van der Waals surface area contributed by atoms with Gasteiger partial charge in [0.05, 0.1) is 11.4 Å². The van der Waals surface area contributed by atoms with Gasteiger partial charge in [0.15, 0.2) is 0 Å². The molecule has 2 aromatic carbocycles. The summed E-state index contributed by atoms with van der Waals surface area (Å²) in [7, 11) is 3.81. The number of para-hydroxylation sites is 2. The maximum atomic E-state index is 13.1. The van der Waals surface area contributed by atoms with Gasteiger partial charge in [-0.05, 0) is 50.5 Å². The maximum absolute atomic E-state index is 13.1. The average Bonchev–Trinajstić information content (AvgIpc) is 2.71. The Bertz CT molecular complexity index is 932. The molecule has 0 radical (unpaired) electrons. The van der Waals surface area contributed by atoms with Gasteiger partial charge in [-0.3, -0.25) is 19.4 Å². The van der Waals surface area contributed by atoms with E-state index in [1.54, 1.807) is 24.3 Å². The molecule has 4 amide bonds. The van der Waals surface area contributed by atoms with Crippen LogP contribution in [0, 0.1) is 5.82 Å². The second kappa shape index (κ2) is 9.36. The number of fused-ring (bicyclic) bond motifs is 1. The number of urea groups is 1. The maximum Gasteiger partial charge on any atom is 0.326 e. The topological polar surface area (TPSA) is 85.0 Å². The van der Waals surface area contributed by atoms with Gasteiger partial charge in [-0.25, -0.2) is 9.18 Å². The summed E-state index contributed by atoms with van der Waals surface area (Å²) in [6.45, 7) is 0.820. The van der Waals surface area contributed by atoms with E-state index in [1.807, 2.05) is 19.0 Å². The molecule has 0 atom stereocenters. The van der Waals surface area contributed by atoms with Crippen LogP contribution in [0.25, 0.3) is 0 Å². The van der Waals surface area contributed by atoms with Gasteiger partial charge in [0.2, 0.25) is 11.8 Å². The Hall–Kier alpha value is -3.46. The fourth-order valence-electron chi connectivity index (χ4n) is 3.06. The van der Waals surface area contributed by atoms with E-state index in [0.717, 1.165) is 0 Å². The quantitative estimate of drug-likeness (QED) is 0.758. The van der Waals surface area contributed by atoms with Crippen LogP contribution < -0.4 is 20.4 Å². The minimum Gasteiger partial charge on any atom is -0.353 e. The first-order chi connectivity index (χ1) is 14.3. The number of hydrogen-bond acceptors (Lipinski definition) is 4. The summed E-state index contributed by atoms with van der Waals surface area (Å²) in [5, 5.41) is 5.45. The molecule has 0 bridgehead atoms. The minimum absolute atomic E-state index is 0.128. The van der Waals surface area contributed by atoms with Gasteiger partial charge >= 0.3 is 6.03 Å². The van der Waals surface area contributed by atoms with E-state index >= 15 is 0 Å². The molecule has 0 spiro atoms. The summed E-state index contributed by atoms with van der Waals surface area (Å²) in [4.78, 5) is 42.4. The highest BCUT2D eigenvalue weighted by atomic mass is 19.1. The van der Waals surface area contributed by atoms with Gasteiger partial charge in [0.25, 0.3) is 0 Å². The third-order valence-electron chi connectivity index (χ3n) is 4.58. The van der Waals surface area contributed by atoms with Crippen molar-refractivity contribution in [3.05, 3.63) is 54.3 Å². The van der Waals surface area contributed by atoms with Crippen LogP contribution in [0.1, 0.15) is 0 Å². The second-order valence-electron chi connectivity index (χ2n) is 7.15. The number of rotatable bonds is 6. The number of benzene rings is 2. The third-order valence-corrected chi connectivity index (χ3v) is 4.58. The molecular weight excluding hydrogens is 389 g/mol. The Morgan fingerprint density at radius 3 is 2.40 bits per heavy atom. The van der Waals surface area contributed by atoms with Crippen LogP contribution in [-0.4, -0.2) is 63.0 Å². The Morgan fingerprint density at radius 2 is 1.73 bits per heavy atom. The van der Waals surface area contributed by atoms with Crippen molar-refractivity contribution < 1.29 is 18.8 Å². The molecule has 0 aromatic heterocycles. The highest BCUT2D eigenvalue weighted by molar-refractivity contribution is 6.14. The van der Waals surface area contributed by atoms with E-state index < -0.39 is 11.8 Å². The van der Waals surface area contributed by atoms with Crippen molar-refractivity contribution in [3.8, 4) is 0 Å². The zero-order chi connectivity index (χ0) is 21.7. The number of carbonyl (C=O) groups excluding carboxylic acids is 3. The molecule has 0 unspecified atom stereocenters. The molecule has 2 N–H and O–H groups in total. The Kier molecular flexibility index (Phi) is 6.63. The Labute approximate surface area is 174 Å². The fraction of sp³-hybridized carbons (Fsp3) is 0.286. The first-order valence-corrected chi connectivity index (χ1v) is 9.50. The predicted molar refractivity (Wildman–Crippen MR) is 113 cm³/mol. The molecule has 8 nitrogen and oxygen atoms in total. The zero-order valence-electron chi connectivity index (χ0n) is 16.9. The highest BCUT2D eigenvalue weighted by Crippen LogP contribution is 2.33. The van der Waals surface area contributed by atoms with E-state index in [0.29, 0.717) is 30.2 Å². The van der Waals surface area contributed by atoms with Gasteiger partial charge in [-0.1, -0.05) is 12.1 Å². The highest BCUT2D eigenvalue weighted by Gasteiger charge is 2.33. The van der Waals surface area contributed by atoms with Crippen LogP contribution in [0.2, 0.25) is 0 Å². The van der Waals surface area contributed by atoms with Crippen molar-refractivity contribution in [3.63, 3.8) is 0 Å². The standard InChI is InChI=1S/C21H24FN5O3/c1-25(2)12-11-23-19(28)13-26-17-5-3-4-6-18(17)27(14-20(26)29)21(30)24-16-9-7-15(22)8-10-16/h3-10H,11-14H2,1-2H3,(H,23,28)(H,24,30). The molecule has 0 saturated carbocycles. The first-order valence-electron chi connectivity index (χ1n) is 9.50. The largest absolute Gasteiger partial charge is 0.353 e. The van der Waals surface area contributed by atoms with Crippen molar-refractivity contribution in [2.45, 2.75) is 0 Å². The monoisotopic (exact) mass is 413 g/mol. The van der Waals surface area contributed by atoms with Crippen LogP contribution in [0.15, 0.2) is 48.5 Å². The lowest BCUT2D eigenvalue weighted by atomic mass is 10.1. The molecule has 9 heteroatoms. The molecular formula is C21H24FN5O3. The summed E-state index contributed by atoms with van der Waals surface area (Å²) in [5.41, 5.74) is 1.40. The fourth-order valence-corrected chi connectivity index (χ4v) is 3.06. The molecule has 3 rings (SSSR count). The molecule has 158 valence electrons. The van der Waals surface area contributed by atoms with Crippen molar-refractivity contribution >= 4 is 34.9 Å². The van der Waals surface area contributed by atoms with Gasteiger partial charge in [-0.2, -0.15) is 0 Å².